The first kappa shape index (κ1) is 12.6. The highest BCUT2D eigenvalue weighted by molar-refractivity contribution is 6.23. The zero-order valence-electron chi connectivity index (χ0n) is 9.94. The number of nitro groups is 1. The number of allylic oxidation sites excluding steroid dienone is 1. The molecule has 0 N–H and O–H groups in total. The maximum atomic E-state index is 11.6. The fourth-order valence-corrected chi connectivity index (χ4v) is 1.54. The summed E-state index contributed by atoms with van der Waals surface area (Å²) in [6.45, 7) is 1.32. The van der Waals surface area contributed by atoms with Gasteiger partial charge in [-0.2, -0.15) is 0 Å². The van der Waals surface area contributed by atoms with Crippen molar-refractivity contribution >= 4 is 23.1 Å². The molecule has 0 amide bonds. The van der Waals surface area contributed by atoms with Crippen LogP contribution in [0.2, 0.25) is 0 Å². The Labute approximate surface area is 107 Å². The average Bonchev–Trinajstić information content (AvgIpc) is 2.89. The number of benzene rings is 1. The number of para-hydroxylation sites is 1. The van der Waals surface area contributed by atoms with Crippen molar-refractivity contribution in [3.05, 3.63) is 52.2 Å². The molecule has 0 spiro atoms. The summed E-state index contributed by atoms with van der Waals surface area (Å²) < 4.78 is 4.95. The summed E-state index contributed by atoms with van der Waals surface area (Å²) in [5, 5.41) is 18.0. The normalized spacial score (nSPS) is 11.3. The molecule has 0 aliphatic rings. The Morgan fingerprint density at radius 3 is 2.74 bits per heavy atom. The van der Waals surface area contributed by atoms with Gasteiger partial charge in [-0.25, -0.2) is 0 Å². The molecule has 0 atom stereocenters. The second-order valence-electron chi connectivity index (χ2n) is 3.67. The molecule has 0 aliphatic carbocycles. The van der Waals surface area contributed by atoms with Crippen LogP contribution in [0.4, 0.5) is 5.69 Å². The smallest absolute Gasteiger partial charge is 0.276 e. The fourth-order valence-electron chi connectivity index (χ4n) is 1.54. The number of carbonyl (C=O) groups excluding carboxylic acids is 1. The van der Waals surface area contributed by atoms with Crippen LogP contribution in [0.25, 0.3) is 11.6 Å². The summed E-state index contributed by atoms with van der Waals surface area (Å²) in [5.41, 5.74) is 0.337. The van der Waals surface area contributed by atoms with Crippen molar-refractivity contribution in [3.63, 3.8) is 0 Å². The third-order valence-corrected chi connectivity index (χ3v) is 2.40. The molecule has 0 aliphatic heterocycles. The number of hydrogen-bond donors (Lipinski definition) is 0. The Morgan fingerprint density at radius 2 is 2.16 bits per heavy atom. The highest BCUT2D eigenvalue weighted by Crippen LogP contribution is 2.24. The van der Waals surface area contributed by atoms with Crippen LogP contribution in [-0.2, 0) is 4.79 Å². The van der Waals surface area contributed by atoms with Gasteiger partial charge in [-0.1, -0.05) is 12.1 Å². The van der Waals surface area contributed by atoms with Gasteiger partial charge in [0.05, 0.1) is 16.1 Å². The predicted molar refractivity (Wildman–Crippen MR) is 65.9 cm³/mol. The van der Waals surface area contributed by atoms with Gasteiger partial charge in [0, 0.05) is 6.07 Å². The molecule has 0 unspecified atom stereocenters. The minimum atomic E-state index is -0.516. The van der Waals surface area contributed by atoms with Gasteiger partial charge in [0.1, 0.15) is 0 Å². The van der Waals surface area contributed by atoms with Gasteiger partial charge in [0.15, 0.2) is 5.78 Å². The molecule has 2 aromatic rings. The number of rotatable bonds is 4. The molecule has 0 radical (unpaired) electrons. The third kappa shape index (κ3) is 2.71. The maximum Gasteiger partial charge on any atom is 0.276 e. The Morgan fingerprint density at radius 1 is 1.42 bits per heavy atom. The van der Waals surface area contributed by atoms with Gasteiger partial charge in [-0.15, -0.1) is 10.2 Å². The van der Waals surface area contributed by atoms with E-state index in [1.807, 2.05) is 0 Å². The summed E-state index contributed by atoms with van der Waals surface area (Å²) in [6, 6.07) is 6.09. The van der Waals surface area contributed by atoms with Crippen LogP contribution < -0.4 is 0 Å². The van der Waals surface area contributed by atoms with E-state index in [0.717, 1.165) is 6.39 Å². The van der Waals surface area contributed by atoms with Crippen LogP contribution in [-0.4, -0.2) is 20.9 Å². The molecule has 1 heterocycles. The van der Waals surface area contributed by atoms with E-state index in [9.17, 15) is 14.9 Å². The van der Waals surface area contributed by atoms with Crippen LogP contribution in [0.5, 0.6) is 0 Å². The number of ketones is 1. The minimum absolute atomic E-state index is 0.0330. The summed E-state index contributed by atoms with van der Waals surface area (Å²) in [4.78, 5) is 21.9. The Balaban J connectivity index is 2.55. The fraction of sp³-hybridized carbons (Fsp3) is 0.0833. The van der Waals surface area contributed by atoms with Crippen molar-refractivity contribution in [3.8, 4) is 0 Å². The van der Waals surface area contributed by atoms with Crippen molar-refractivity contribution in [1.82, 2.24) is 10.2 Å². The second-order valence-corrected chi connectivity index (χ2v) is 3.67. The van der Waals surface area contributed by atoms with Crippen molar-refractivity contribution < 1.29 is 14.1 Å². The molecule has 2 rings (SSSR count). The van der Waals surface area contributed by atoms with Crippen LogP contribution >= 0.6 is 0 Å². The van der Waals surface area contributed by atoms with Gasteiger partial charge in [-0.05, 0) is 19.1 Å². The standard InChI is InChI=1S/C12H9N3O4/c1-8(16)10(12-14-13-7-19-12)6-9-4-2-3-5-11(9)15(17)18/h2-7H,1H3. The molecule has 7 heteroatoms. The second kappa shape index (κ2) is 5.21. The number of Topliss-reactive ketones (excluding diaryl/α,β-unsaturated/α-hetero) is 1. The number of carbonyl (C=O) groups is 1. The number of nitro benzene ring substituents is 1. The molecule has 7 nitrogen and oxygen atoms in total. The van der Waals surface area contributed by atoms with E-state index in [1.165, 1.54) is 25.1 Å². The lowest BCUT2D eigenvalue weighted by atomic mass is 10.1. The molecule has 19 heavy (non-hydrogen) atoms. The molecule has 0 fully saturated rings. The van der Waals surface area contributed by atoms with Crippen LogP contribution in [0.3, 0.4) is 0 Å². The van der Waals surface area contributed by atoms with E-state index in [4.69, 9.17) is 4.42 Å². The van der Waals surface area contributed by atoms with Gasteiger partial charge >= 0.3 is 0 Å². The van der Waals surface area contributed by atoms with Gasteiger partial charge < -0.3 is 4.42 Å². The zero-order chi connectivity index (χ0) is 13.8. The van der Waals surface area contributed by atoms with Crippen LogP contribution in [0, 0.1) is 10.1 Å². The molecule has 1 aromatic carbocycles. The summed E-state index contributed by atoms with van der Waals surface area (Å²) in [6.07, 6.45) is 2.46. The molecule has 96 valence electrons. The summed E-state index contributed by atoms with van der Waals surface area (Å²) >= 11 is 0. The van der Waals surface area contributed by atoms with Crippen molar-refractivity contribution in [1.29, 1.82) is 0 Å². The van der Waals surface area contributed by atoms with Gasteiger partial charge in [0.2, 0.25) is 6.39 Å². The Hall–Kier alpha value is -2.83. The third-order valence-electron chi connectivity index (χ3n) is 2.40. The van der Waals surface area contributed by atoms with E-state index in [-0.39, 0.29) is 22.9 Å². The van der Waals surface area contributed by atoms with Crippen molar-refractivity contribution in [2.24, 2.45) is 0 Å². The monoisotopic (exact) mass is 259 g/mol. The van der Waals surface area contributed by atoms with E-state index in [2.05, 4.69) is 10.2 Å². The average molecular weight is 259 g/mol. The van der Waals surface area contributed by atoms with Crippen molar-refractivity contribution in [2.75, 3.05) is 0 Å². The topological polar surface area (TPSA) is 99.1 Å². The van der Waals surface area contributed by atoms with Crippen molar-refractivity contribution in [2.45, 2.75) is 6.92 Å². The first-order valence-corrected chi connectivity index (χ1v) is 5.32. The number of hydrogen-bond acceptors (Lipinski definition) is 6. The van der Waals surface area contributed by atoms with Gasteiger partial charge in [-0.3, -0.25) is 14.9 Å². The SMILES string of the molecule is CC(=O)C(=Cc1ccccc1[N+](=O)[O-])c1nnco1. The largest absolute Gasteiger partial charge is 0.423 e. The quantitative estimate of drug-likeness (QED) is 0.473. The predicted octanol–water partition coefficient (Wildman–Crippen LogP) is 2.11. The van der Waals surface area contributed by atoms with E-state index in [1.54, 1.807) is 12.1 Å². The van der Waals surface area contributed by atoms with Gasteiger partial charge in [0.25, 0.3) is 11.6 Å². The molecular weight excluding hydrogens is 250 g/mol. The minimum Gasteiger partial charge on any atom is -0.423 e. The van der Waals surface area contributed by atoms with Crippen LogP contribution in [0.1, 0.15) is 18.4 Å². The van der Waals surface area contributed by atoms with E-state index >= 15 is 0 Å². The Bertz CT molecular complexity index is 647. The number of nitrogens with zero attached hydrogens (tertiary/aromatic N) is 3. The van der Waals surface area contributed by atoms with E-state index in [0.29, 0.717) is 5.56 Å². The lowest BCUT2D eigenvalue weighted by molar-refractivity contribution is -0.385. The number of aromatic nitrogens is 2. The summed E-state index contributed by atoms with van der Waals surface area (Å²) in [5.74, 6) is -0.284. The zero-order valence-corrected chi connectivity index (χ0v) is 9.94. The van der Waals surface area contributed by atoms with E-state index < -0.39 is 4.92 Å². The molecule has 0 saturated carbocycles. The van der Waals surface area contributed by atoms with Crippen LogP contribution in [0.15, 0.2) is 35.1 Å². The Kier molecular flexibility index (Phi) is 3.46. The highest BCUT2D eigenvalue weighted by atomic mass is 16.6. The first-order chi connectivity index (χ1) is 9.09. The maximum absolute atomic E-state index is 11.6. The molecular formula is C12H9N3O4. The molecule has 0 saturated heterocycles. The molecule has 0 bridgehead atoms. The summed E-state index contributed by atoms with van der Waals surface area (Å²) in [7, 11) is 0. The lowest BCUT2D eigenvalue weighted by Crippen LogP contribution is -1.98. The first-order valence-electron chi connectivity index (χ1n) is 5.32. The lowest BCUT2D eigenvalue weighted by Gasteiger charge is -2.00. The highest BCUT2D eigenvalue weighted by Gasteiger charge is 2.16. The molecule has 1 aromatic heterocycles.